The van der Waals surface area contributed by atoms with Crippen molar-refractivity contribution in [1.29, 1.82) is 0 Å². The Bertz CT molecular complexity index is 267. The highest BCUT2D eigenvalue weighted by Crippen LogP contribution is 2.28. The normalized spacial score (nSPS) is 26.0. The molecule has 1 saturated carbocycles. The molecule has 2 rings (SSSR count). The molecule has 2 fully saturated rings. The minimum Gasteiger partial charge on any atom is -0.475 e. The summed E-state index contributed by atoms with van der Waals surface area (Å²) in [6, 6.07) is 1.39. The van der Waals surface area contributed by atoms with Crippen LogP contribution in [0.5, 0.6) is 0 Å². The van der Waals surface area contributed by atoms with E-state index >= 15 is 0 Å². The zero-order valence-corrected chi connectivity index (χ0v) is 9.41. The first-order valence-corrected chi connectivity index (χ1v) is 5.60. The predicted molar refractivity (Wildman–Crippen MR) is 55.5 cm³/mol. The molecule has 0 aromatic carbocycles. The quantitative estimate of drug-likeness (QED) is 0.738. The first-order valence-electron chi connectivity index (χ1n) is 5.60. The van der Waals surface area contributed by atoms with Gasteiger partial charge >= 0.3 is 12.1 Å². The second-order valence-electron chi connectivity index (χ2n) is 4.43. The van der Waals surface area contributed by atoms with Crippen molar-refractivity contribution in [2.75, 3.05) is 13.1 Å². The van der Waals surface area contributed by atoms with Gasteiger partial charge in [0, 0.05) is 18.6 Å². The van der Waals surface area contributed by atoms with E-state index in [9.17, 15) is 13.2 Å². The summed E-state index contributed by atoms with van der Waals surface area (Å²) < 4.78 is 31.7. The maximum Gasteiger partial charge on any atom is 0.490 e. The van der Waals surface area contributed by atoms with Crippen LogP contribution in [0, 0.1) is 0 Å². The smallest absolute Gasteiger partial charge is 0.475 e. The van der Waals surface area contributed by atoms with Gasteiger partial charge < -0.3 is 10.8 Å². The molecule has 0 spiro atoms. The van der Waals surface area contributed by atoms with Crippen LogP contribution in [0.25, 0.3) is 0 Å². The number of nitrogens with two attached hydrogens (primary N) is 1. The van der Waals surface area contributed by atoms with Gasteiger partial charge in [-0.25, -0.2) is 4.79 Å². The molecule has 0 amide bonds. The third kappa shape index (κ3) is 5.36. The second kappa shape index (κ2) is 5.68. The number of carboxylic acid groups (broad SMARTS) is 1. The number of carboxylic acids is 1. The SMILES string of the molecule is N[C@@H]1CCCN(C2CC2)C1.O=C(O)C(F)(F)F. The zero-order chi connectivity index (χ0) is 13.1. The Labute approximate surface area is 97.6 Å². The summed E-state index contributed by atoms with van der Waals surface area (Å²) >= 11 is 0. The third-order valence-corrected chi connectivity index (χ3v) is 2.80. The van der Waals surface area contributed by atoms with Gasteiger partial charge in [0.25, 0.3) is 0 Å². The van der Waals surface area contributed by atoms with Gasteiger partial charge in [-0.15, -0.1) is 0 Å². The number of nitrogens with zero attached hydrogens (tertiary/aromatic N) is 1. The van der Waals surface area contributed by atoms with Gasteiger partial charge in [0.15, 0.2) is 0 Å². The Morgan fingerprint density at radius 2 is 1.82 bits per heavy atom. The van der Waals surface area contributed by atoms with Gasteiger partial charge in [0.05, 0.1) is 0 Å². The number of hydrogen-bond acceptors (Lipinski definition) is 3. The average Bonchev–Trinajstić information content (AvgIpc) is 3.00. The van der Waals surface area contributed by atoms with Gasteiger partial charge in [-0.05, 0) is 32.2 Å². The molecule has 1 aliphatic heterocycles. The Morgan fingerprint density at radius 1 is 1.29 bits per heavy atom. The van der Waals surface area contributed by atoms with Crippen LogP contribution in [-0.2, 0) is 4.79 Å². The van der Waals surface area contributed by atoms with Crippen LogP contribution in [0.3, 0.4) is 0 Å². The molecule has 0 unspecified atom stereocenters. The molecule has 0 radical (unpaired) electrons. The molecule has 7 heteroatoms. The average molecular weight is 254 g/mol. The van der Waals surface area contributed by atoms with E-state index < -0.39 is 12.1 Å². The number of alkyl halides is 3. The van der Waals surface area contributed by atoms with Crippen molar-refractivity contribution in [1.82, 2.24) is 4.90 Å². The van der Waals surface area contributed by atoms with Crippen molar-refractivity contribution < 1.29 is 23.1 Å². The van der Waals surface area contributed by atoms with E-state index in [0.717, 1.165) is 12.6 Å². The molecule has 100 valence electrons. The maximum absolute atomic E-state index is 10.6. The zero-order valence-electron chi connectivity index (χ0n) is 9.41. The van der Waals surface area contributed by atoms with Crippen LogP contribution in [0.15, 0.2) is 0 Å². The highest BCUT2D eigenvalue weighted by Gasteiger charge is 2.38. The Balaban J connectivity index is 0.000000185. The van der Waals surface area contributed by atoms with Crippen molar-refractivity contribution in [2.45, 2.75) is 43.9 Å². The van der Waals surface area contributed by atoms with Crippen LogP contribution >= 0.6 is 0 Å². The summed E-state index contributed by atoms with van der Waals surface area (Å²) in [6.07, 6.45) is 0.320. The summed E-state index contributed by atoms with van der Waals surface area (Å²) in [5.41, 5.74) is 5.85. The topological polar surface area (TPSA) is 66.6 Å². The standard InChI is InChI=1S/C8H16N2.C2HF3O2/c9-7-2-1-5-10(6-7)8-3-4-8;3-2(4,5)1(6)7/h7-8H,1-6,9H2;(H,6,7)/t7-;/m1./s1. The van der Waals surface area contributed by atoms with Crippen molar-refractivity contribution in [2.24, 2.45) is 5.73 Å². The summed E-state index contributed by atoms with van der Waals surface area (Å²) in [4.78, 5) is 11.5. The maximum atomic E-state index is 10.6. The number of piperidine rings is 1. The molecular formula is C10H17F3N2O2. The van der Waals surface area contributed by atoms with Crippen LogP contribution in [0.2, 0.25) is 0 Å². The number of rotatable bonds is 1. The first kappa shape index (κ1) is 14.2. The van der Waals surface area contributed by atoms with E-state index in [2.05, 4.69) is 4.90 Å². The fourth-order valence-corrected chi connectivity index (χ4v) is 1.81. The lowest BCUT2D eigenvalue weighted by Gasteiger charge is -2.30. The molecule has 1 aliphatic carbocycles. The fraction of sp³-hybridized carbons (Fsp3) is 0.900. The van der Waals surface area contributed by atoms with Crippen LogP contribution in [0.4, 0.5) is 13.2 Å². The highest BCUT2D eigenvalue weighted by molar-refractivity contribution is 5.73. The van der Waals surface area contributed by atoms with Crippen molar-refractivity contribution in [3.8, 4) is 0 Å². The second-order valence-corrected chi connectivity index (χ2v) is 4.43. The molecule has 4 nitrogen and oxygen atoms in total. The van der Waals surface area contributed by atoms with Gasteiger partial charge in [-0.1, -0.05) is 0 Å². The van der Waals surface area contributed by atoms with E-state index in [0.29, 0.717) is 6.04 Å². The Kier molecular flexibility index (Phi) is 4.76. The molecule has 2 aliphatic rings. The van der Waals surface area contributed by atoms with Gasteiger partial charge in [-0.2, -0.15) is 13.2 Å². The predicted octanol–water partition coefficient (Wildman–Crippen LogP) is 1.21. The summed E-state index contributed by atoms with van der Waals surface area (Å²) in [7, 11) is 0. The molecular weight excluding hydrogens is 237 g/mol. The lowest BCUT2D eigenvalue weighted by Crippen LogP contribution is -2.43. The molecule has 1 saturated heterocycles. The van der Waals surface area contributed by atoms with Crippen LogP contribution in [0.1, 0.15) is 25.7 Å². The number of hydrogen-bond donors (Lipinski definition) is 2. The Morgan fingerprint density at radius 3 is 2.18 bits per heavy atom. The van der Waals surface area contributed by atoms with Gasteiger partial charge in [0.2, 0.25) is 0 Å². The largest absolute Gasteiger partial charge is 0.490 e. The number of carbonyl (C=O) groups is 1. The number of halogens is 3. The minimum absolute atomic E-state index is 0.467. The molecule has 3 N–H and O–H groups in total. The molecule has 1 heterocycles. The fourth-order valence-electron chi connectivity index (χ4n) is 1.81. The van der Waals surface area contributed by atoms with Crippen LogP contribution < -0.4 is 5.73 Å². The van der Waals surface area contributed by atoms with E-state index in [1.807, 2.05) is 0 Å². The monoisotopic (exact) mass is 254 g/mol. The minimum atomic E-state index is -5.08. The lowest BCUT2D eigenvalue weighted by molar-refractivity contribution is -0.192. The first-order chi connectivity index (χ1) is 7.80. The lowest BCUT2D eigenvalue weighted by atomic mass is 10.1. The molecule has 0 aromatic rings. The number of aliphatic carboxylic acids is 1. The number of likely N-dealkylation sites (tertiary alicyclic amines) is 1. The van der Waals surface area contributed by atoms with E-state index in [4.69, 9.17) is 15.6 Å². The highest BCUT2D eigenvalue weighted by atomic mass is 19.4. The molecule has 0 aromatic heterocycles. The van der Waals surface area contributed by atoms with E-state index in [1.54, 1.807) is 0 Å². The third-order valence-electron chi connectivity index (χ3n) is 2.80. The van der Waals surface area contributed by atoms with E-state index in [1.165, 1.54) is 32.2 Å². The molecule has 1 atom stereocenters. The van der Waals surface area contributed by atoms with Crippen LogP contribution in [-0.4, -0.2) is 47.3 Å². The van der Waals surface area contributed by atoms with Gasteiger partial charge in [-0.3, -0.25) is 4.90 Å². The van der Waals surface area contributed by atoms with Gasteiger partial charge in [0.1, 0.15) is 0 Å². The van der Waals surface area contributed by atoms with Crippen molar-refractivity contribution >= 4 is 5.97 Å². The Hall–Kier alpha value is -0.820. The van der Waals surface area contributed by atoms with Crippen molar-refractivity contribution in [3.63, 3.8) is 0 Å². The molecule has 0 bridgehead atoms. The van der Waals surface area contributed by atoms with E-state index in [-0.39, 0.29) is 0 Å². The molecule has 17 heavy (non-hydrogen) atoms. The summed E-state index contributed by atoms with van der Waals surface area (Å²) in [5, 5.41) is 7.12. The summed E-state index contributed by atoms with van der Waals surface area (Å²) in [6.45, 7) is 2.46. The summed E-state index contributed by atoms with van der Waals surface area (Å²) in [5.74, 6) is -2.76. The van der Waals surface area contributed by atoms with Crippen molar-refractivity contribution in [3.05, 3.63) is 0 Å².